The molecule has 0 aliphatic carbocycles. The fraction of sp³-hybridized carbons (Fsp3) is 0. The van der Waals surface area contributed by atoms with Gasteiger partial charge in [0.05, 0.1) is 11.1 Å². The van der Waals surface area contributed by atoms with Crippen molar-refractivity contribution >= 4 is 27.4 Å². The Kier molecular flexibility index (Phi) is 3.56. The predicted octanol–water partition coefficient (Wildman–Crippen LogP) is 4.32. The van der Waals surface area contributed by atoms with Crippen molar-refractivity contribution in [3.8, 4) is 22.3 Å². The molecule has 4 rings (SSSR count). The number of carboxylic acid groups (broad SMARTS) is 1. The summed E-state index contributed by atoms with van der Waals surface area (Å²) in [6.45, 7) is 0. The Bertz CT molecular complexity index is 1120. The lowest BCUT2D eigenvalue weighted by Crippen LogP contribution is -2.00. The summed E-state index contributed by atoms with van der Waals surface area (Å²) >= 11 is 1.62. The highest BCUT2D eigenvalue weighted by atomic mass is 32.1. The third-order valence-corrected chi connectivity index (χ3v) is 5.04. The van der Waals surface area contributed by atoms with Gasteiger partial charge in [0.2, 0.25) is 0 Å². The first kappa shape index (κ1) is 15.1. The molecule has 6 heteroatoms. The van der Waals surface area contributed by atoms with Crippen molar-refractivity contribution in [1.29, 1.82) is 5.26 Å². The van der Waals surface area contributed by atoms with E-state index in [0.29, 0.717) is 11.4 Å². The van der Waals surface area contributed by atoms with Crippen LogP contribution in [0.1, 0.15) is 15.9 Å². The Morgan fingerprint density at radius 1 is 1.20 bits per heavy atom. The topological polar surface area (TPSA) is 78.9 Å². The molecule has 3 aromatic heterocycles. The second-order valence-corrected chi connectivity index (χ2v) is 6.54. The number of nitrogens with zero attached hydrogens (tertiary/aromatic N) is 3. The third kappa shape index (κ3) is 2.67. The summed E-state index contributed by atoms with van der Waals surface area (Å²) in [4.78, 5) is 16.3. The predicted molar refractivity (Wildman–Crippen MR) is 96.1 cm³/mol. The molecule has 25 heavy (non-hydrogen) atoms. The molecule has 0 saturated heterocycles. The molecule has 0 fully saturated rings. The van der Waals surface area contributed by atoms with Crippen LogP contribution in [0.25, 0.3) is 26.3 Å². The van der Waals surface area contributed by atoms with E-state index in [1.54, 1.807) is 22.1 Å². The zero-order valence-electron chi connectivity index (χ0n) is 12.9. The molecule has 120 valence electrons. The average molecular weight is 345 g/mol. The average Bonchev–Trinajstić information content (AvgIpc) is 3.25. The number of benzene rings is 1. The summed E-state index contributed by atoms with van der Waals surface area (Å²) in [6, 6.07) is 15.2. The standard InChI is InChI=1S/C19H11N3O2S/c20-9-14-10-22(18-8-13(19(23)24)5-6-21-18)11-15(14)17-7-12-3-1-2-4-16(12)25-17/h1-8,10-11H,(H,23,24). The molecule has 0 saturated carbocycles. The van der Waals surface area contributed by atoms with Gasteiger partial charge in [0, 0.05) is 33.7 Å². The molecule has 5 nitrogen and oxygen atoms in total. The van der Waals surface area contributed by atoms with E-state index >= 15 is 0 Å². The second kappa shape index (κ2) is 5.89. The van der Waals surface area contributed by atoms with Gasteiger partial charge in [0.15, 0.2) is 0 Å². The van der Waals surface area contributed by atoms with Crippen molar-refractivity contribution < 1.29 is 9.90 Å². The van der Waals surface area contributed by atoms with E-state index in [4.69, 9.17) is 5.11 Å². The van der Waals surface area contributed by atoms with Crippen LogP contribution in [0.5, 0.6) is 0 Å². The van der Waals surface area contributed by atoms with E-state index in [1.165, 1.54) is 18.3 Å². The fourth-order valence-corrected chi connectivity index (χ4v) is 3.77. The van der Waals surface area contributed by atoms with Gasteiger partial charge >= 0.3 is 5.97 Å². The maximum absolute atomic E-state index is 11.1. The van der Waals surface area contributed by atoms with Crippen molar-refractivity contribution in [1.82, 2.24) is 9.55 Å². The third-order valence-electron chi connectivity index (χ3n) is 3.89. The van der Waals surface area contributed by atoms with Crippen molar-refractivity contribution in [2.75, 3.05) is 0 Å². The Morgan fingerprint density at radius 2 is 2.04 bits per heavy atom. The van der Waals surface area contributed by atoms with Gasteiger partial charge in [-0.25, -0.2) is 9.78 Å². The number of rotatable bonds is 3. The summed E-state index contributed by atoms with van der Waals surface area (Å²) in [5.74, 6) is -0.551. The largest absolute Gasteiger partial charge is 0.478 e. The summed E-state index contributed by atoms with van der Waals surface area (Å²) in [7, 11) is 0. The van der Waals surface area contributed by atoms with Crippen LogP contribution in [0.15, 0.2) is 61.1 Å². The highest BCUT2D eigenvalue weighted by Gasteiger charge is 2.14. The zero-order chi connectivity index (χ0) is 17.4. The molecule has 0 aliphatic rings. The van der Waals surface area contributed by atoms with E-state index in [0.717, 1.165) is 20.5 Å². The van der Waals surface area contributed by atoms with Crippen LogP contribution in [0, 0.1) is 11.3 Å². The Balaban J connectivity index is 1.84. The number of fused-ring (bicyclic) bond motifs is 1. The smallest absolute Gasteiger partial charge is 0.335 e. The zero-order valence-corrected chi connectivity index (χ0v) is 13.7. The van der Waals surface area contributed by atoms with Gasteiger partial charge in [-0.15, -0.1) is 11.3 Å². The molecule has 0 atom stereocenters. The fourth-order valence-electron chi connectivity index (χ4n) is 2.68. The molecule has 3 heterocycles. The molecule has 1 aromatic carbocycles. The second-order valence-electron chi connectivity index (χ2n) is 5.46. The number of pyridine rings is 1. The van der Waals surface area contributed by atoms with Crippen molar-refractivity contribution in [3.63, 3.8) is 0 Å². The number of hydrogen-bond acceptors (Lipinski definition) is 4. The molecule has 0 aliphatic heterocycles. The van der Waals surface area contributed by atoms with E-state index in [9.17, 15) is 10.1 Å². The van der Waals surface area contributed by atoms with E-state index < -0.39 is 5.97 Å². The monoisotopic (exact) mass is 345 g/mol. The minimum Gasteiger partial charge on any atom is -0.478 e. The van der Waals surface area contributed by atoms with E-state index in [1.807, 2.05) is 30.5 Å². The van der Waals surface area contributed by atoms with Crippen LogP contribution in [-0.2, 0) is 0 Å². The van der Waals surface area contributed by atoms with Crippen LogP contribution in [0.3, 0.4) is 0 Å². The van der Waals surface area contributed by atoms with Gasteiger partial charge < -0.3 is 9.67 Å². The van der Waals surface area contributed by atoms with E-state index in [2.05, 4.69) is 17.1 Å². The van der Waals surface area contributed by atoms with Crippen LogP contribution in [0.4, 0.5) is 0 Å². The number of hydrogen-bond donors (Lipinski definition) is 1. The van der Waals surface area contributed by atoms with Crippen molar-refractivity contribution in [3.05, 3.63) is 72.2 Å². The van der Waals surface area contributed by atoms with Gasteiger partial charge in [-0.2, -0.15) is 5.26 Å². The van der Waals surface area contributed by atoms with Gasteiger partial charge in [-0.3, -0.25) is 0 Å². The molecule has 0 unspecified atom stereocenters. The van der Waals surface area contributed by atoms with Gasteiger partial charge in [0.25, 0.3) is 0 Å². The lowest BCUT2D eigenvalue weighted by Gasteiger charge is -2.02. The van der Waals surface area contributed by atoms with Crippen LogP contribution in [-0.4, -0.2) is 20.6 Å². The lowest BCUT2D eigenvalue weighted by atomic mass is 10.1. The molecule has 1 N–H and O–H groups in total. The Labute approximate surface area is 147 Å². The van der Waals surface area contributed by atoms with Gasteiger partial charge in [-0.1, -0.05) is 18.2 Å². The SMILES string of the molecule is N#Cc1cn(-c2cc(C(=O)O)ccn2)cc1-c1cc2ccccc2s1. The van der Waals surface area contributed by atoms with Crippen molar-refractivity contribution in [2.24, 2.45) is 0 Å². The van der Waals surface area contributed by atoms with Crippen LogP contribution < -0.4 is 0 Å². The van der Waals surface area contributed by atoms with E-state index in [-0.39, 0.29) is 5.56 Å². The first-order chi connectivity index (χ1) is 12.2. The number of carbonyl (C=O) groups is 1. The van der Waals surface area contributed by atoms with Crippen LogP contribution in [0.2, 0.25) is 0 Å². The highest BCUT2D eigenvalue weighted by molar-refractivity contribution is 7.22. The minimum atomic E-state index is -1.01. The summed E-state index contributed by atoms with van der Waals surface area (Å²) in [5.41, 5.74) is 1.49. The normalized spacial score (nSPS) is 10.7. The number of nitriles is 1. The highest BCUT2D eigenvalue weighted by Crippen LogP contribution is 2.35. The molecule has 0 bridgehead atoms. The molecular formula is C19H11N3O2S. The summed E-state index contributed by atoms with van der Waals surface area (Å²) in [6.07, 6.45) is 4.94. The summed E-state index contributed by atoms with van der Waals surface area (Å²) in [5, 5.41) is 19.7. The van der Waals surface area contributed by atoms with Crippen LogP contribution >= 0.6 is 11.3 Å². The molecule has 0 radical (unpaired) electrons. The maximum atomic E-state index is 11.1. The molecule has 4 aromatic rings. The molecule has 0 spiro atoms. The quantitative estimate of drug-likeness (QED) is 0.599. The van der Waals surface area contributed by atoms with Crippen molar-refractivity contribution in [2.45, 2.75) is 0 Å². The maximum Gasteiger partial charge on any atom is 0.335 e. The Hall–Kier alpha value is -3.43. The number of aromatic nitrogens is 2. The first-order valence-electron chi connectivity index (χ1n) is 7.46. The molecule has 0 amide bonds. The van der Waals surface area contributed by atoms with Gasteiger partial charge in [0.1, 0.15) is 11.9 Å². The molecular weight excluding hydrogens is 334 g/mol. The first-order valence-corrected chi connectivity index (χ1v) is 8.28. The van der Waals surface area contributed by atoms with Gasteiger partial charge in [-0.05, 0) is 29.7 Å². The minimum absolute atomic E-state index is 0.153. The summed E-state index contributed by atoms with van der Waals surface area (Å²) < 4.78 is 2.84. The lowest BCUT2D eigenvalue weighted by molar-refractivity contribution is 0.0696. The number of carboxylic acids is 1. The Morgan fingerprint density at radius 3 is 2.80 bits per heavy atom. The number of aromatic carboxylic acids is 1. The number of thiophene rings is 1.